The topological polar surface area (TPSA) is 93.4 Å². The van der Waals surface area contributed by atoms with Crippen molar-refractivity contribution in [2.45, 2.75) is 25.9 Å². The molecular formula is C15H21N5O3. The summed E-state index contributed by atoms with van der Waals surface area (Å²) in [5.41, 5.74) is 1.01. The summed E-state index contributed by atoms with van der Waals surface area (Å²) in [7, 11) is 3.35. The summed E-state index contributed by atoms with van der Waals surface area (Å²) in [6, 6.07) is 3.48. The van der Waals surface area contributed by atoms with Crippen molar-refractivity contribution in [2.75, 3.05) is 20.8 Å². The number of hydrogen-bond donors (Lipinski definition) is 1. The minimum atomic E-state index is -0.217. The molecule has 1 atom stereocenters. The van der Waals surface area contributed by atoms with Crippen molar-refractivity contribution >= 4 is 6.03 Å². The average molecular weight is 319 g/mol. The number of hydrogen-bond acceptors (Lipinski definition) is 6. The number of nitrogens with zero attached hydrogens (tertiary/aromatic N) is 4. The molecule has 8 heteroatoms. The number of methoxy groups -OCH3 is 1. The fourth-order valence-corrected chi connectivity index (χ4v) is 1.97. The summed E-state index contributed by atoms with van der Waals surface area (Å²) in [6.07, 6.45) is 3.99. The molecule has 124 valence electrons. The first-order valence-corrected chi connectivity index (χ1v) is 7.32. The maximum atomic E-state index is 12.2. The van der Waals surface area contributed by atoms with Crippen molar-refractivity contribution in [1.82, 2.24) is 25.3 Å². The summed E-state index contributed by atoms with van der Waals surface area (Å²) in [5, 5.41) is 6.58. The standard InChI is InChI=1S/C15H21N5O3/c1-11(12-4-7-16-8-5-12)20(2)15(21)17-10-14-18-13(19-23-14)6-9-22-3/h4-5,7-8,11H,6,9-10H2,1-3H3,(H,17,21)/t11-/m1/s1. The number of carbonyl (C=O) groups is 1. The summed E-state index contributed by atoms with van der Waals surface area (Å²) in [4.78, 5) is 22.0. The van der Waals surface area contributed by atoms with Gasteiger partial charge in [0.15, 0.2) is 5.82 Å². The molecular weight excluding hydrogens is 298 g/mol. The van der Waals surface area contributed by atoms with E-state index in [1.165, 1.54) is 0 Å². The van der Waals surface area contributed by atoms with Crippen LogP contribution in [0.4, 0.5) is 4.79 Å². The van der Waals surface area contributed by atoms with Gasteiger partial charge in [-0.2, -0.15) is 4.98 Å². The van der Waals surface area contributed by atoms with Crippen LogP contribution in [0.3, 0.4) is 0 Å². The lowest BCUT2D eigenvalue weighted by Crippen LogP contribution is -2.38. The van der Waals surface area contributed by atoms with Gasteiger partial charge in [-0.05, 0) is 24.6 Å². The Balaban J connectivity index is 1.85. The molecule has 0 spiro atoms. The molecule has 0 unspecified atom stereocenters. The second-order valence-electron chi connectivity index (χ2n) is 5.07. The quantitative estimate of drug-likeness (QED) is 0.832. The molecule has 2 rings (SSSR count). The highest BCUT2D eigenvalue weighted by molar-refractivity contribution is 5.74. The minimum absolute atomic E-state index is 0.0713. The van der Waals surface area contributed by atoms with Crippen LogP contribution in [0.5, 0.6) is 0 Å². The summed E-state index contributed by atoms with van der Waals surface area (Å²) in [6.45, 7) is 2.66. The third kappa shape index (κ3) is 4.75. The first kappa shape index (κ1) is 16.9. The van der Waals surface area contributed by atoms with Crippen LogP contribution < -0.4 is 5.32 Å². The molecule has 0 aliphatic rings. The van der Waals surface area contributed by atoms with E-state index in [0.29, 0.717) is 24.7 Å². The third-order valence-corrected chi connectivity index (χ3v) is 3.52. The highest BCUT2D eigenvalue weighted by Crippen LogP contribution is 2.17. The van der Waals surface area contributed by atoms with Crippen molar-refractivity contribution in [1.29, 1.82) is 0 Å². The van der Waals surface area contributed by atoms with Gasteiger partial charge in [-0.25, -0.2) is 4.79 Å². The van der Waals surface area contributed by atoms with Crippen molar-refractivity contribution < 1.29 is 14.1 Å². The monoisotopic (exact) mass is 319 g/mol. The predicted octanol–water partition coefficient (Wildman–Crippen LogP) is 1.56. The van der Waals surface area contributed by atoms with Crippen LogP contribution in [0.15, 0.2) is 29.0 Å². The molecule has 2 aromatic rings. The predicted molar refractivity (Wildman–Crippen MR) is 82.5 cm³/mol. The summed E-state index contributed by atoms with van der Waals surface area (Å²) < 4.78 is 10.0. The zero-order valence-electron chi connectivity index (χ0n) is 13.5. The Hall–Kier alpha value is -2.48. The highest BCUT2D eigenvalue weighted by Gasteiger charge is 2.17. The maximum absolute atomic E-state index is 12.2. The number of aromatic nitrogens is 3. The van der Waals surface area contributed by atoms with Crippen LogP contribution in [0, 0.1) is 0 Å². The number of carbonyl (C=O) groups excluding carboxylic acids is 1. The van der Waals surface area contributed by atoms with E-state index in [0.717, 1.165) is 5.56 Å². The van der Waals surface area contributed by atoms with Gasteiger partial charge in [0.25, 0.3) is 0 Å². The van der Waals surface area contributed by atoms with Gasteiger partial charge >= 0.3 is 6.03 Å². The van der Waals surface area contributed by atoms with Gasteiger partial charge < -0.3 is 19.5 Å². The second kappa shape index (κ2) is 8.23. The van der Waals surface area contributed by atoms with Gasteiger partial charge in [0.05, 0.1) is 19.2 Å². The molecule has 0 aromatic carbocycles. The normalized spacial score (nSPS) is 12.0. The Labute approximate surface area is 134 Å². The fourth-order valence-electron chi connectivity index (χ4n) is 1.97. The van der Waals surface area contributed by atoms with Crippen LogP contribution in [-0.4, -0.2) is 46.8 Å². The average Bonchev–Trinajstić information content (AvgIpc) is 3.05. The van der Waals surface area contributed by atoms with E-state index in [1.54, 1.807) is 31.5 Å². The molecule has 8 nitrogen and oxygen atoms in total. The van der Waals surface area contributed by atoms with E-state index in [-0.39, 0.29) is 18.6 Å². The third-order valence-electron chi connectivity index (χ3n) is 3.52. The van der Waals surface area contributed by atoms with E-state index in [4.69, 9.17) is 9.26 Å². The lowest BCUT2D eigenvalue weighted by atomic mass is 10.1. The van der Waals surface area contributed by atoms with Gasteiger partial charge in [0.1, 0.15) is 0 Å². The Bertz CT molecular complexity index is 617. The zero-order chi connectivity index (χ0) is 16.7. The number of rotatable bonds is 7. The van der Waals surface area contributed by atoms with Crippen molar-refractivity contribution in [2.24, 2.45) is 0 Å². The Kier molecular flexibility index (Phi) is 6.04. The smallest absolute Gasteiger partial charge is 0.318 e. The molecule has 0 saturated heterocycles. The van der Waals surface area contributed by atoms with E-state index in [2.05, 4.69) is 20.4 Å². The highest BCUT2D eigenvalue weighted by atomic mass is 16.5. The Morgan fingerprint density at radius 1 is 1.43 bits per heavy atom. The van der Waals surface area contributed by atoms with Gasteiger partial charge in [-0.3, -0.25) is 4.98 Å². The molecule has 0 fully saturated rings. The number of amides is 2. The van der Waals surface area contributed by atoms with Crippen molar-refractivity contribution in [3.8, 4) is 0 Å². The number of urea groups is 1. The molecule has 1 N–H and O–H groups in total. The number of nitrogens with one attached hydrogen (secondary N) is 1. The summed E-state index contributed by atoms with van der Waals surface area (Å²) in [5.74, 6) is 0.934. The van der Waals surface area contributed by atoms with Gasteiger partial charge in [0, 0.05) is 33.0 Å². The summed E-state index contributed by atoms with van der Waals surface area (Å²) >= 11 is 0. The van der Waals surface area contributed by atoms with Crippen molar-refractivity contribution in [3.05, 3.63) is 41.8 Å². The van der Waals surface area contributed by atoms with Gasteiger partial charge in [0.2, 0.25) is 5.89 Å². The zero-order valence-corrected chi connectivity index (χ0v) is 13.5. The van der Waals surface area contributed by atoms with Gasteiger partial charge in [-0.1, -0.05) is 5.16 Å². The molecule has 0 radical (unpaired) electrons. The molecule has 0 saturated carbocycles. The van der Waals surface area contributed by atoms with Crippen LogP contribution in [0.1, 0.15) is 30.2 Å². The van der Waals surface area contributed by atoms with Crippen LogP contribution in [-0.2, 0) is 17.7 Å². The molecule has 0 aliphatic heterocycles. The lowest BCUT2D eigenvalue weighted by molar-refractivity contribution is 0.192. The molecule has 2 aromatic heterocycles. The largest absolute Gasteiger partial charge is 0.384 e. The first-order valence-electron chi connectivity index (χ1n) is 7.32. The number of ether oxygens (including phenoxy) is 1. The van der Waals surface area contributed by atoms with Crippen molar-refractivity contribution in [3.63, 3.8) is 0 Å². The first-order chi connectivity index (χ1) is 11.1. The van der Waals surface area contributed by atoms with E-state index in [1.807, 2.05) is 19.1 Å². The molecule has 0 bridgehead atoms. The van der Waals surface area contributed by atoms with E-state index in [9.17, 15) is 4.79 Å². The Morgan fingerprint density at radius 2 is 2.17 bits per heavy atom. The SMILES string of the molecule is COCCc1noc(CNC(=O)N(C)[C@H](C)c2ccncc2)n1. The van der Waals surface area contributed by atoms with Crippen LogP contribution in [0.2, 0.25) is 0 Å². The van der Waals surface area contributed by atoms with Gasteiger partial charge in [-0.15, -0.1) is 0 Å². The molecule has 23 heavy (non-hydrogen) atoms. The molecule has 2 heterocycles. The molecule has 2 amide bonds. The molecule has 0 aliphatic carbocycles. The Morgan fingerprint density at radius 3 is 2.87 bits per heavy atom. The fraction of sp³-hybridized carbons (Fsp3) is 0.467. The van der Waals surface area contributed by atoms with Crippen LogP contribution >= 0.6 is 0 Å². The lowest BCUT2D eigenvalue weighted by Gasteiger charge is -2.25. The van der Waals surface area contributed by atoms with Crippen LogP contribution in [0.25, 0.3) is 0 Å². The maximum Gasteiger partial charge on any atom is 0.318 e. The number of pyridine rings is 1. The van der Waals surface area contributed by atoms with E-state index >= 15 is 0 Å². The second-order valence-corrected chi connectivity index (χ2v) is 5.07. The minimum Gasteiger partial charge on any atom is -0.384 e. The van der Waals surface area contributed by atoms with E-state index < -0.39 is 0 Å².